The Labute approximate surface area is 90.8 Å². The van der Waals surface area contributed by atoms with Crippen LogP contribution in [0.5, 0.6) is 5.75 Å². The maximum absolute atomic E-state index is 11.1. The summed E-state index contributed by atoms with van der Waals surface area (Å²) in [6.45, 7) is 2.14. The number of hydrogen-bond donors (Lipinski definition) is 1. The number of aromatic hydroxyl groups is 1. The fraction of sp³-hybridized carbons (Fsp3) is 0.300. The molecule has 0 unspecified atom stereocenters. The Hall–Kier alpha value is -1.03. The lowest BCUT2D eigenvalue weighted by Crippen LogP contribution is -2.07. The van der Waals surface area contributed by atoms with Crippen LogP contribution in [0.4, 0.5) is 0 Å². The van der Waals surface area contributed by atoms with Gasteiger partial charge in [-0.25, -0.2) is 0 Å². The van der Waals surface area contributed by atoms with Crippen LogP contribution in [0.25, 0.3) is 0 Å². The minimum absolute atomic E-state index is 0.131. The minimum Gasteiger partial charge on any atom is -0.507 e. The van der Waals surface area contributed by atoms with E-state index in [1.165, 1.54) is 0 Å². The van der Waals surface area contributed by atoms with Gasteiger partial charge >= 0.3 is 5.97 Å². The maximum Gasteiger partial charge on any atom is 0.310 e. The van der Waals surface area contributed by atoms with E-state index in [-0.39, 0.29) is 18.1 Å². The molecule has 1 N–H and O–H groups in total. The number of halogens is 1. The lowest BCUT2D eigenvalue weighted by Gasteiger charge is -2.03. The van der Waals surface area contributed by atoms with Crippen LogP contribution in [0, 0.1) is 0 Å². The van der Waals surface area contributed by atoms with Crippen molar-refractivity contribution in [2.75, 3.05) is 6.61 Å². The molecule has 0 fully saturated rings. The number of carbonyl (C=O) groups is 1. The van der Waals surface area contributed by atoms with Crippen molar-refractivity contribution in [1.82, 2.24) is 0 Å². The first-order valence-corrected chi connectivity index (χ1v) is 5.05. The van der Waals surface area contributed by atoms with Crippen molar-refractivity contribution in [1.29, 1.82) is 0 Å². The number of benzene rings is 1. The molecule has 1 aromatic rings. The molecular formula is C10H11BrO3. The van der Waals surface area contributed by atoms with Crippen LogP contribution >= 0.6 is 15.9 Å². The number of phenolic OH excluding ortho intramolecular Hbond substituents is 1. The molecular weight excluding hydrogens is 248 g/mol. The number of hydrogen-bond acceptors (Lipinski definition) is 3. The summed E-state index contributed by atoms with van der Waals surface area (Å²) >= 11 is 3.16. The normalized spacial score (nSPS) is 9.86. The van der Waals surface area contributed by atoms with Gasteiger partial charge in [0.05, 0.1) is 17.5 Å². The van der Waals surface area contributed by atoms with Crippen LogP contribution in [0.3, 0.4) is 0 Å². The first-order chi connectivity index (χ1) is 6.63. The molecule has 0 amide bonds. The topological polar surface area (TPSA) is 46.5 Å². The van der Waals surface area contributed by atoms with Gasteiger partial charge in [0.2, 0.25) is 0 Å². The van der Waals surface area contributed by atoms with Gasteiger partial charge in [0.25, 0.3) is 0 Å². The molecule has 0 saturated heterocycles. The molecule has 0 aliphatic heterocycles. The molecule has 0 aliphatic carbocycles. The van der Waals surface area contributed by atoms with E-state index in [1.807, 2.05) is 0 Å². The molecule has 0 saturated carbocycles. The third-order valence-electron chi connectivity index (χ3n) is 1.66. The van der Waals surface area contributed by atoms with Gasteiger partial charge in [-0.05, 0) is 40.5 Å². The van der Waals surface area contributed by atoms with Crippen LogP contribution in [0.1, 0.15) is 12.5 Å². The summed E-state index contributed by atoms with van der Waals surface area (Å²) in [5.41, 5.74) is 0.740. The molecule has 0 aliphatic rings. The summed E-state index contributed by atoms with van der Waals surface area (Å²) in [7, 11) is 0. The summed E-state index contributed by atoms with van der Waals surface area (Å²) in [4.78, 5) is 11.1. The Morgan fingerprint density at radius 2 is 2.29 bits per heavy atom. The molecule has 14 heavy (non-hydrogen) atoms. The zero-order chi connectivity index (χ0) is 10.6. The van der Waals surface area contributed by atoms with Crippen molar-refractivity contribution < 1.29 is 14.6 Å². The van der Waals surface area contributed by atoms with E-state index in [0.717, 1.165) is 5.56 Å². The van der Waals surface area contributed by atoms with E-state index in [4.69, 9.17) is 4.74 Å². The smallest absolute Gasteiger partial charge is 0.310 e. The monoisotopic (exact) mass is 258 g/mol. The highest BCUT2D eigenvalue weighted by Crippen LogP contribution is 2.24. The van der Waals surface area contributed by atoms with Gasteiger partial charge in [0.15, 0.2) is 0 Å². The third kappa shape index (κ3) is 3.03. The van der Waals surface area contributed by atoms with Crippen molar-refractivity contribution in [3.05, 3.63) is 28.2 Å². The first kappa shape index (κ1) is 11.0. The number of esters is 1. The molecule has 0 heterocycles. The number of phenols is 1. The average Bonchev–Trinajstić information content (AvgIpc) is 2.12. The third-order valence-corrected chi connectivity index (χ3v) is 2.33. The van der Waals surface area contributed by atoms with Crippen LogP contribution in [0.2, 0.25) is 0 Å². The highest BCUT2D eigenvalue weighted by atomic mass is 79.9. The summed E-state index contributed by atoms with van der Waals surface area (Å²) in [5, 5.41) is 9.34. The van der Waals surface area contributed by atoms with Gasteiger partial charge in [-0.15, -0.1) is 0 Å². The van der Waals surface area contributed by atoms with Gasteiger partial charge in [-0.1, -0.05) is 6.07 Å². The van der Waals surface area contributed by atoms with E-state index in [1.54, 1.807) is 25.1 Å². The minimum atomic E-state index is -0.283. The van der Waals surface area contributed by atoms with Gasteiger partial charge in [0.1, 0.15) is 5.75 Å². The SMILES string of the molecule is CCOC(=O)Cc1ccc(Br)c(O)c1. The van der Waals surface area contributed by atoms with Crippen molar-refractivity contribution in [2.45, 2.75) is 13.3 Å². The van der Waals surface area contributed by atoms with E-state index in [9.17, 15) is 9.90 Å². The average molecular weight is 259 g/mol. The Kier molecular flexibility index (Phi) is 3.95. The second-order valence-corrected chi connectivity index (χ2v) is 3.62. The Balaban J connectivity index is 2.68. The Morgan fingerprint density at radius 1 is 1.57 bits per heavy atom. The van der Waals surface area contributed by atoms with Gasteiger partial charge < -0.3 is 9.84 Å². The molecule has 4 heteroatoms. The highest BCUT2D eigenvalue weighted by Gasteiger charge is 2.05. The first-order valence-electron chi connectivity index (χ1n) is 4.26. The Morgan fingerprint density at radius 3 is 2.86 bits per heavy atom. The summed E-state index contributed by atoms with van der Waals surface area (Å²) in [5.74, 6) is -0.152. The largest absolute Gasteiger partial charge is 0.507 e. The standard InChI is InChI=1S/C10H11BrO3/c1-2-14-10(13)6-7-3-4-8(11)9(12)5-7/h3-5,12H,2,6H2,1H3. The molecule has 76 valence electrons. The molecule has 0 aromatic heterocycles. The summed E-state index contributed by atoms with van der Waals surface area (Å²) in [6.07, 6.45) is 0.189. The molecule has 1 rings (SSSR count). The van der Waals surface area contributed by atoms with E-state index >= 15 is 0 Å². The fourth-order valence-corrected chi connectivity index (χ4v) is 1.29. The fourth-order valence-electron chi connectivity index (χ4n) is 1.05. The molecule has 0 bridgehead atoms. The highest BCUT2D eigenvalue weighted by molar-refractivity contribution is 9.10. The van der Waals surface area contributed by atoms with Crippen molar-refractivity contribution in [3.63, 3.8) is 0 Å². The quantitative estimate of drug-likeness (QED) is 0.847. The van der Waals surface area contributed by atoms with Crippen molar-refractivity contribution in [3.8, 4) is 5.75 Å². The molecule has 0 radical (unpaired) electrons. The number of carbonyl (C=O) groups excluding carboxylic acids is 1. The molecule has 0 atom stereocenters. The molecule has 0 spiro atoms. The lowest BCUT2D eigenvalue weighted by molar-refractivity contribution is -0.142. The van der Waals surface area contributed by atoms with E-state index in [2.05, 4.69) is 15.9 Å². The lowest BCUT2D eigenvalue weighted by atomic mass is 10.1. The van der Waals surface area contributed by atoms with E-state index < -0.39 is 0 Å². The Bertz CT molecular complexity index is 336. The van der Waals surface area contributed by atoms with Crippen molar-refractivity contribution >= 4 is 21.9 Å². The summed E-state index contributed by atoms with van der Waals surface area (Å²) in [6, 6.07) is 5.01. The number of ether oxygens (including phenoxy) is 1. The van der Waals surface area contributed by atoms with Crippen LogP contribution in [-0.4, -0.2) is 17.7 Å². The van der Waals surface area contributed by atoms with Crippen LogP contribution in [-0.2, 0) is 16.0 Å². The van der Waals surface area contributed by atoms with Gasteiger partial charge in [-0.2, -0.15) is 0 Å². The van der Waals surface area contributed by atoms with Gasteiger partial charge in [0, 0.05) is 0 Å². The predicted molar refractivity (Wildman–Crippen MR) is 56.1 cm³/mol. The molecule has 1 aromatic carbocycles. The second kappa shape index (κ2) is 5.00. The molecule has 3 nitrogen and oxygen atoms in total. The predicted octanol–water partition coefficient (Wildman–Crippen LogP) is 2.26. The summed E-state index contributed by atoms with van der Waals surface area (Å²) < 4.78 is 5.40. The zero-order valence-electron chi connectivity index (χ0n) is 7.79. The zero-order valence-corrected chi connectivity index (χ0v) is 9.37. The van der Waals surface area contributed by atoms with Crippen molar-refractivity contribution in [2.24, 2.45) is 0 Å². The van der Waals surface area contributed by atoms with Gasteiger partial charge in [-0.3, -0.25) is 4.79 Å². The van der Waals surface area contributed by atoms with Crippen LogP contribution < -0.4 is 0 Å². The van der Waals surface area contributed by atoms with Crippen LogP contribution in [0.15, 0.2) is 22.7 Å². The second-order valence-electron chi connectivity index (χ2n) is 2.77. The number of rotatable bonds is 3. The maximum atomic E-state index is 11.1. The van der Waals surface area contributed by atoms with E-state index in [0.29, 0.717) is 11.1 Å².